The van der Waals surface area contributed by atoms with Crippen LogP contribution in [0, 0.1) is 5.92 Å². The molecule has 1 rings (SSSR count). The van der Waals surface area contributed by atoms with Gasteiger partial charge in [0.05, 0.1) is 19.2 Å². The lowest BCUT2D eigenvalue weighted by atomic mass is 9.91. The summed E-state index contributed by atoms with van der Waals surface area (Å²) in [7, 11) is 1.42. The van der Waals surface area contributed by atoms with Crippen molar-refractivity contribution in [2.75, 3.05) is 7.11 Å². The number of carbonyl (C=O) groups is 1. The number of methoxy groups -OCH3 is 1. The fraction of sp³-hybridized carbons (Fsp3) is 0.636. The van der Waals surface area contributed by atoms with Gasteiger partial charge in [0.1, 0.15) is 0 Å². The van der Waals surface area contributed by atoms with E-state index in [1.807, 2.05) is 31.6 Å². The minimum atomic E-state index is -0.213. The molecule has 1 atom stereocenters. The molecule has 0 bridgehead atoms. The summed E-state index contributed by atoms with van der Waals surface area (Å²) in [5, 5.41) is 4.16. The van der Waals surface area contributed by atoms with E-state index >= 15 is 0 Å². The highest BCUT2D eigenvalue weighted by Gasteiger charge is 2.26. The lowest BCUT2D eigenvalue weighted by Gasteiger charge is -2.16. The van der Waals surface area contributed by atoms with Crippen molar-refractivity contribution >= 4 is 5.97 Å². The van der Waals surface area contributed by atoms with E-state index in [1.165, 1.54) is 7.11 Å². The van der Waals surface area contributed by atoms with Crippen LogP contribution >= 0.6 is 0 Å². The van der Waals surface area contributed by atoms with Crippen LogP contribution in [0.4, 0.5) is 0 Å². The predicted molar refractivity (Wildman–Crippen MR) is 57.5 cm³/mol. The molecule has 0 saturated carbocycles. The molecule has 1 aromatic heterocycles. The van der Waals surface area contributed by atoms with Crippen LogP contribution < -0.4 is 0 Å². The number of nitrogens with zero attached hydrogens (tertiary/aromatic N) is 2. The Morgan fingerprint density at radius 1 is 1.60 bits per heavy atom. The molecular weight excluding hydrogens is 192 g/mol. The van der Waals surface area contributed by atoms with Crippen LogP contribution in [-0.2, 0) is 16.1 Å². The smallest absolute Gasteiger partial charge is 0.313 e. The Bertz CT molecular complexity index is 331. The van der Waals surface area contributed by atoms with Gasteiger partial charge in [-0.3, -0.25) is 9.48 Å². The second-order valence-electron chi connectivity index (χ2n) is 3.87. The molecule has 0 amide bonds. The van der Waals surface area contributed by atoms with E-state index in [1.54, 1.807) is 6.20 Å². The Hall–Kier alpha value is -1.32. The van der Waals surface area contributed by atoms with Crippen molar-refractivity contribution in [3.63, 3.8) is 0 Å². The van der Waals surface area contributed by atoms with Crippen molar-refractivity contribution in [2.24, 2.45) is 5.92 Å². The summed E-state index contributed by atoms with van der Waals surface area (Å²) in [6.45, 7) is 6.83. The van der Waals surface area contributed by atoms with E-state index in [2.05, 4.69) is 5.10 Å². The van der Waals surface area contributed by atoms with Gasteiger partial charge in [0.25, 0.3) is 0 Å². The monoisotopic (exact) mass is 210 g/mol. The highest BCUT2D eigenvalue weighted by molar-refractivity contribution is 5.78. The topological polar surface area (TPSA) is 44.1 Å². The molecule has 0 fully saturated rings. The maximum Gasteiger partial charge on any atom is 0.313 e. The van der Waals surface area contributed by atoms with Gasteiger partial charge in [0, 0.05) is 18.3 Å². The van der Waals surface area contributed by atoms with E-state index < -0.39 is 0 Å². The van der Waals surface area contributed by atoms with Crippen LogP contribution in [0.5, 0.6) is 0 Å². The van der Waals surface area contributed by atoms with E-state index in [0.717, 1.165) is 12.1 Å². The third-order valence-corrected chi connectivity index (χ3v) is 2.46. The summed E-state index contributed by atoms with van der Waals surface area (Å²) in [5.74, 6) is -0.192. The summed E-state index contributed by atoms with van der Waals surface area (Å²) in [5.41, 5.74) is 0.929. The molecule has 0 radical (unpaired) electrons. The summed E-state index contributed by atoms with van der Waals surface area (Å²) >= 11 is 0. The van der Waals surface area contributed by atoms with Crippen molar-refractivity contribution < 1.29 is 9.53 Å². The van der Waals surface area contributed by atoms with Gasteiger partial charge in [-0.2, -0.15) is 5.10 Å². The standard InChI is InChI=1S/C11H18N2O2/c1-5-13-7-9(6-12-13)10(8(2)3)11(14)15-4/h6-8,10H,5H2,1-4H3. The van der Waals surface area contributed by atoms with Gasteiger partial charge in [-0.1, -0.05) is 13.8 Å². The minimum absolute atomic E-state index is 0.194. The van der Waals surface area contributed by atoms with Crippen LogP contribution in [0.1, 0.15) is 32.3 Å². The molecule has 1 heterocycles. The van der Waals surface area contributed by atoms with Crippen molar-refractivity contribution in [1.82, 2.24) is 9.78 Å². The number of aromatic nitrogens is 2. The maximum absolute atomic E-state index is 11.6. The van der Waals surface area contributed by atoms with E-state index in [-0.39, 0.29) is 17.8 Å². The van der Waals surface area contributed by atoms with Crippen LogP contribution in [-0.4, -0.2) is 22.9 Å². The molecule has 1 aromatic rings. The highest BCUT2D eigenvalue weighted by atomic mass is 16.5. The van der Waals surface area contributed by atoms with Crippen LogP contribution in [0.3, 0.4) is 0 Å². The van der Waals surface area contributed by atoms with Gasteiger partial charge in [0.15, 0.2) is 0 Å². The van der Waals surface area contributed by atoms with Gasteiger partial charge in [-0.25, -0.2) is 0 Å². The molecular formula is C11H18N2O2. The molecule has 4 heteroatoms. The van der Waals surface area contributed by atoms with Crippen molar-refractivity contribution in [2.45, 2.75) is 33.2 Å². The largest absolute Gasteiger partial charge is 0.469 e. The van der Waals surface area contributed by atoms with Crippen LogP contribution in [0.15, 0.2) is 12.4 Å². The number of esters is 1. The normalized spacial score (nSPS) is 12.9. The third-order valence-electron chi connectivity index (χ3n) is 2.46. The predicted octanol–water partition coefficient (Wildman–Crippen LogP) is 1.82. The maximum atomic E-state index is 11.6. The summed E-state index contributed by atoms with van der Waals surface area (Å²) in [4.78, 5) is 11.6. The van der Waals surface area contributed by atoms with E-state index in [0.29, 0.717) is 0 Å². The first-order valence-corrected chi connectivity index (χ1v) is 5.20. The Balaban J connectivity index is 2.93. The number of hydrogen-bond donors (Lipinski definition) is 0. The average molecular weight is 210 g/mol. The zero-order chi connectivity index (χ0) is 11.4. The fourth-order valence-electron chi connectivity index (χ4n) is 1.63. The van der Waals surface area contributed by atoms with Crippen LogP contribution in [0.2, 0.25) is 0 Å². The SMILES string of the molecule is CCn1cc(C(C(=O)OC)C(C)C)cn1. The Morgan fingerprint density at radius 3 is 2.67 bits per heavy atom. The van der Waals surface area contributed by atoms with Gasteiger partial charge in [-0.15, -0.1) is 0 Å². The Labute approximate surface area is 90.2 Å². The number of rotatable bonds is 4. The number of ether oxygens (including phenoxy) is 1. The molecule has 0 spiro atoms. The van der Waals surface area contributed by atoms with E-state index in [9.17, 15) is 4.79 Å². The summed E-state index contributed by atoms with van der Waals surface area (Å²) in [6.07, 6.45) is 3.65. The highest BCUT2D eigenvalue weighted by Crippen LogP contribution is 2.25. The zero-order valence-corrected chi connectivity index (χ0v) is 9.73. The third kappa shape index (κ3) is 2.58. The Kier molecular flexibility index (Phi) is 3.88. The number of hydrogen-bond acceptors (Lipinski definition) is 3. The summed E-state index contributed by atoms with van der Waals surface area (Å²) < 4.78 is 6.61. The first-order valence-electron chi connectivity index (χ1n) is 5.20. The fourth-order valence-corrected chi connectivity index (χ4v) is 1.63. The van der Waals surface area contributed by atoms with Gasteiger partial charge >= 0.3 is 5.97 Å². The number of aryl methyl sites for hydroxylation is 1. The number of carbonyl (C=O) groups excluding carboxylic acids is 1. The minimum Gasteiger partial charge on any atom is -0.469 e. The van der Waals surface area contributed by atoms with Crippen molar-refractivity contribution in [1.29, 1.82) is 0 Å². The molecule has 0 saturated heterocycles. The molecule has 15 heavy (non-hydrogen) atoms. The molecule has 0 aromatic carbocycles. The molecule has 0 aliphatic heterocycles. The van der Waals surface area contributed by atoms with Gasteiger partial charge in [-0.05, 0) is 12.8 Å². The second-order valence-corrected chi connectivity index (χ2v) is 3.87. The van der Waals surface area contributed by atoms with Crippen molar-refractivity contribution in [3.8, 4) is 0 Å². The summed E-state index contributed by atoms with van der Waals surface area (Å²) in [6, 6.07) is 0. The van der Waals surface area contributed by atoms with E-state index in [4.69, 9.17) is 4.74 Å². The van der Waals surface area contributed by atoms with Gasteiger partial charge < -0.3 is 4.74 Å². The molecule has 0 aliphatic carbocycles. The quantitative estimate of drug-likeness (QED) is 0.712. The average Bonchev–Trinajstić information content (AvgIpc) is 2.65. The molecule has 0 aliphatic rings. The lowest BCUT2D eigenvalue weighted by molar-refractivity contribution is -0.143. The first kappa shape index (κ1) is 11.8. The second kappa shape index (κ2) is 4.96. The first-order chi connectivity index (χ1) is 7.10. The molecule has 1 unspecified atom stereocenters. The lowest BCUT2D eigenvalue weighted by Crippen LogP contribution is -2.19. The van der Waals surface area contributed by atoms with Crippen LogP contribution in [0.25, 0.3) is 0 Å². The van der Waals surface area contributed by atoms with Gasteiger partial charge in [0.2, 0.25) is 0 Å². The zero-order valence-electron chi connectivity index (χ0n) is 9.73. The molecule has 0 N–H and O–H groups in total. The molecule has 4 nitrogen and oxygen atoms in total. The molecule has 84 valence electrons. The van der Waals surface area contributed by atoms with Crippen molar-refractivity contribution in [3.05, 3.63) is 18.0 Å². The Morgan fingerprint density at radius 2 is 2.27 bits per heavy atom.